The van der Waals surface area contributed by atoms with Crippen molar-refractivity contribution in [3.63, 3.8) is 0 Å². The first-order valence-electron chi connectivity index (χ1n) is 10.2. The molecule has 4 unspecified atom stereocenters. The molecule has 0 spiro atoms. The van der Waals surface area contributed by atoms with Crippen molar-refractivity contribution in [2.45, 2.75) is 72.6 Å². The zero-order valence-electron chi connectivity index (χ0n) is 17.7. The molecule has 4 heteroatoms. The maximum Gasteiger partial charge on any atom is 0.330 e. The summed E-state index contributed by atoms with van der Waals surface area (Å²) < 4.78 is 10.2. The average Bonchev–Trinajstić information content (AvgIpc) is 2.59. The molecule has 0 radical (unpaired) electrons. The number of hydrogen-bond donors (Lipinski definition) is 0. The molecule has 0 heterocycles. The van der Waals surface area contributed by atoms with Gasteiger partial charge in [0.15, 0.2) is 0 Å². The monoisotopic (exact) mass is 376 g/mol. The molecule has 2 rings (SSSR count). The Bertz CT molecular complexity index is 620. The third kappa shape index (κ3) is 4.83. The summed E-state index contributed by atoms with van der Waals surface area (Å²) in [6, 6.07) is 0. The minimum Gasteiger partial charge on any atom is -0.466 e. The van der Waals surface area contributed by atoms with Crippen LogP contribution < -0.4 is 0 Å². The Hall–Kier alpha value is -1.58. The van der Waals surface area contributed by atoms with Crippen molar-refractivity contribution in [1.82, 2.24) is 0 Å². The maximum atomic E-state index is 11.5. The van der Waals surface area contributed by atoms with Crippen LogP contribution in [-0.4, -0.2) is 25.7 Å². The second kappa shape index (κ2) is 8.62. The van der Waals surface area contributed by atoms with Crippen molar-refractivity contribution in [3.05, 3.63) is 23.8 Å². The predicted octanol–water partition coefficient (Wildman–Crippen LogP) is 5.23. The highest BCUT2D eigenvalue weighted by Gasteiger charge is 2.54. The first-order valence-corrected chi connectivity index (χ1v) is 10.2. The van der Waals surface area contributed by atoms with Crippen molar-refractivity contribution in [1.29, 1.82) is 0 Å². The quantitative estimate of drug-likeness (QED) is 0.362. The van der Waals surface area contributed by atoms with Crippen LogP contribution in [0.5, 0.6) is 0 Å². The number of ether oxygens (including phenoxy) is 2. The first-order chi connectivity index (χ1) is 12.6. The summed E-state index contributed by atoms with van der Waals surface area (Å²) in [6.45, 7) is 13.1. The van der Waals surface area contributed by atoms with E-state index >= 15 is 0 Å². The molecule has 0 amide bonds. The van der Waals surface area contributed by atoms with Gasteiger partial charge in [-0.15, -0.1) is 0 Å². The minimum atomic E-state index is -0.286. The highest BCUT2D eigenvalue weighted by atomic mass is 16.5. The summed E-state index contributed by atoms with van der Waals surface area (Å²) in [5, 5.41) is 0. The van der Waals surface area contributed by atoms with Crippen LogP contribution >= 0.6 is 0 Å². The largest absolute Gasteiger partial charge is 0.466 e. The summed E-state index contributed by atoms with van der Waals surface area (Å²) in [5.74, 6) is 0.488. The van der Waals surface area contributed by atoms with Crippen molar-refractivity contribution in [2.75, 3.05) is 13.7 Å². The molecule has 27 heavy (non-hydrogen) atoms. The molecular weight excluding hydrogens is 340 g/mol. The molecule has 0 N–H and O–H groups in total. The summed E-state index contributed by atoms with van der Waals surface area (Å²) in [7, 11) is 1.41. The van der Waals surface area contributed by atoms with Crippen LogP contribution in [-0.2, 0) is 19.1 Å². The zero-order chi connectivity index (χ0) is 20.2. The fourth-order valence-electron chi connectivity index (χ4n) is 5.76. The summed E-state index contributed by atoms with van der Waals surface area (Å²) in [6.07, 6.45) is 9.11. The van der Waals surface area contributed by atoms with Crippen molar-refractivity contribution in [2.24, 2.45) is 22.7 Å². The minimum absolute atomic E-state index is 0.0362. The van der Waals surface area contributed by atoms with E-state index in [-0.39, 0.29) is 22.8 Å². The molecule has 0 saturated heterocycles. The van der Waals surface area contributed by atoms with E-state index in [0.29, 0.717) is 18.4 Å². The number of fused-ring (bicyclic) bond motifs is 1. The van der Waals surface area contributed by atoms with E-state index in [4.69, 9.17) is 9.47 Å². The molecule has 4 atom stereocenters. The molecule has 0 bridgehead atoms. The highest BCUT2D eigenvalue weighted by molar-refractivity contribution is 5.82. The fourth-order valence-corrected chi connectivity index (χ4v) is 5.76. The molecule has 0 aromatic carbocycles. The lowest BCUT2D eigenvalue weighted by molar-refractivity contribution is -0.152. The van der Waals surface area contributed by atoms with Crippen molar-refractivity contribution >= 4 is 11.9 Å². The van der Waals surface area contributed by atoms with Gasteiger partial charge in [-0.3, -0.25) is 4.79 Å². The normalized spacial score (nSPS) is 34.0. The van der Waals surface area contributed by atoms with Gasteiger partial charge in [0, 0.05) is 18.4 Å². The number of esters is 2. The van der Waals surface area contributed by atoms with E-state index in [9.17, 15) is 9.59 Å². The van der Waals surface area contributed by atoms with Gasteiger partial charge in [0.05, 0.1) is 13.7 Å². The lowest BCUT2D eigenvalue weighted by Gasteiger charge is -2.58. The zero-order valence-corrected chi connectivity index (χ0v) is 17.7. The lowest BCUT2D eigenvalue weighted by atomic mass is 9.47. The molecule has 2 aliphatic rings. The smallest absolute Gasteiger partial charge is 0.330 e. The van der Waals surface area contributed by atoms with E-state index in [0.717, 1.165) is 44.1 Å². The molecule has 0 aromatic heterocycles. The Morgan fingerprint density at radius 1 is 1.26 bits per heavy atom. The SMILES string of the molecule is C=C1CCC2C(C)(COC(C)=O)CCCC2(C)C1CCC(C)=CC(=O)OC. The van der Waals surface area contributed by atoms with E-state index in [1.54, 1.807) is 6.08 Å². The molecule has 2 aliphatic carbocycles. The summed E-state index contributed by atoms with van der Waals surface area (Å²) in [4.78, 5) is 22.9. The standard InChI is InChI=1S/C23H36O4/c1-16(14-21(25)26-6)8-10-19-17(2)9-11-20-22(4,15-27-18(3)24)12-7-13-23(19,20)5/h14,19-20H,2,7-13,15H2,1,3-6H3. The second-order valence-electron chi connectivity index (χ2n) is 9.15. The van der Waals surface area contributed by atoms with Gasteiger partial charge in [0.1, 0.15) is 0 Å². The van der Waals surface area contributed by atoms with Crippen molar-refractivity contribution in [3.8, 4) is 0 Å². The number of rotatable bonds is 6. The fraction of sp³-hybridized carbons (Fsp3) is 0.739. The molecule has 152 valence electrons. The number of carbonyl (C=O) groups excluding carboxylic acids is 2. The Balaban J connectivity index is 2.18. The lowest BCUT2D eigenvalue weighted by Crippen LogP contribution is -2.52. The van der Waals surface area contributed by atoms with Crippen LogP contribution in [0.4, 0.5) is 0 Å². The van der Waals surface area contributed by atoms with Gasteiger partial charge in [-0.1, -0.05) is 38.0 Å². The van der Waals surface area contributed by atoms with Crippen LogP contribution in [0.2, 0.25) is 0 Å². The van der Waals surface area contributed by atoms with Crippen LogP contribution in [0, 0.1) is 22.7 Å². The van der Waals surface area contributed by atoms with Gasteiger partial charge < -0.3 is 9.47 Å². The summed E-state index contributed by atoms with van der Waals surface area (Å²) >= 11 is 0. The van der Waals surface area contributed by atoms with Gasteiger partial charge in [0.2, 0.25) is 0 Å². The molecule has 0 aliphatic heterocycles. The topological polar surface area (TPSA) is 52.6 Å². The third-order valence-corrected chi connectivity index (χ3v) is 7.14. The van der Waals surface area contributed by atoms with Gasteiger partial charge in [-0.2, -0.15) is 0 Å². The maximum absolute atomic E-state index is 11.5. The van der Waals surface area contributed by atoms with Crippen LogP contribution in [0.25, 0.3) is 0 Å². The number of carbonyl (C=O) groups is 2. The number of hydrogen-bond acceptors (Lipinski definition) is 4. The first kappa shape index (κ1) is 21.7. The predicted molar refractivity (Wildman–Crippen MR) is 107 cm³/mol. The van der Waals surface area contributed by atoms with E-state index in [1.807, 2.05) is 6.92 Å². The molecule has 4 nitrogen and oxygen atoms in total. The van der Waals surface area contributed by atoms with Crippen LogP contribution in [0.3, 0.4) is 0 Å². The van der Waals surface area contributed by atoms with Gasteiger partial charge in [-0.25, -0.2) is 4.79 Å². The molecule has 2 saturated carbocycles. The van der Waals surface area contributed by atoms with Gasteiger partial charge in [-0.05, 0) is 62.7 Å². The van der Waals surface area contributed by atoms with Crippen LogP contribution in [0.1, 0.15) is 72.6 Å². The third-order valence-electron chi connectivity index (χ3n) is 7.14. The molecular formula is C23H36O4. The Morgan fingerprint density at radius 2 is 1.96 bits per heavy atom. The van der Waals surface area contributed by atoms with Gasteiger partial charge >= 0.3 is 11.9 Å². The number of allylic oxidation sites excluding steroid dienone is 2. The Labute approximate surface area is 164 Å². The molecule has 0 aromatic rings. The Morgan fingerprint density at radius 3 is 2.59 bits per heavy atom. The Kier molecular flexibility index (Phi) is 6.93. The summed E-state index contributed by atoms with van der Waals surface area (Å²) in [5.41, 5.74) is 2.61. The molecule has 2 fully saturated rings. The van der Waals surface area contributed by atoms with E-state index in [2.05, 4.69) is 20.4 Å². The van der Waals surface area contributed by atoms with Crippen molar-refractivity contribution < 1.29 is 19.1 Å². The van der Waals surface area contributed by atoms with E-state index < -0.39 is 0 Å². The number of methoxy groups -OCH3 is 1. The van der Waals surface area contributed by atoms with Gasteiger partial charge in [0.25, 0.3) is 0 Å². The van der Waals surface area contributed by atoms with E-state index in [1.165, 1.54) is 26.0 Å². The second-order valence-corrected chi connectivity index (χ2v) is 9.15. The average molecular weight is 377 g/mol. The highest BCUT2D eigenvalue weighted by Crippen LogP contribution is 2.62. The van der Waals surface area contributed by atoms with Crippen LogP contribution in [0.15, 0.2) is 23.8 Å².